The number of rotatable bonds is 2. The van der Waals surface area contributed by atoms with Gasteiger partial charge in [-0.15, -0.1) is 0 Å². The van der Waals surface area contributed by atoms with Crippen LogP contribution in [0.25, 0.3) is 22.1 Å². The highest BCUT2D eigenvalue weighted by Crippen LogP contribution is 2.59. The van der Waals surface area contributed by atoms with Gasteiger partial charge in [-0.3, -0.25) is 23.2 Å². The van der Waals surface area contributed by atoms with Crippen LogP contribution < -0.4 is 16.9 Å². The van der Waals surface area contributed by atoms with Gasteiger partial charge in [0.2, 0.25) is 0 Å². The Morgan fingerprint density at radius 3 is 2.60 bits per heavy atom. The second-order valence-electron chi connectivity index (χ2n) is 10.3. The average molecular weight is 710 g/mol. The van der Waals surface area contributed by atoms with E-state index in [0.717, 1.165) is 6.33 Å². The molecule has 242 valence electrons. The summed E-state index contributed by atoms with van der Waals surface area (Å²) < 4.78 is 81.3. The average Bonchev–Trinajstić information content (AvgIpc) is 3.72. The second-order valence-corrected chi connectivity index (χ2v) is 16.0. The number of H-pyrrole nitrogens is 2. The van der Waals surface area contributed by atoms with Crippen LogP contribution in [0.4, 0.5) is 14.6 Å². The highest BCUT2D eigenvalue weighted by Gasteiger charge is 2.54. The Kier molecular flexibility index (Phi) is 7.81. The molecule has 10 atom stereocenters. The molecule has 23 heteroatoms. The van der Waals surface area contributed by atoms with Crippen LogP contribution in [-0.2, 0) is 43.9 Å². The van der Waals surface area contributed by atoms with Gasteiger partial charge in [0.05, 0.1) is 36.8 Å². The number of fused-ring (bicyclic) bond motifs is 5. The lowest BCUT2D eigenvalue weighted by molar-refractivity contribution is -0.0576. The fourth-order valence-electron chi connectivity index (χ4n) is 5.50. The van der Waals surface area contributed by atoms with Crippen molar-refractivity contribution in [2.75, 3.05) is 18.9 Å². The van der Waals surface area contributed by atoms with Crippen molar-refractivity contribution in [2.24, 2.45) is 0 Å². The summed E-state index contributed by atoms with van der Waals surface area (Å²) in [5.41, 5.74) is 4.88. The molecule has 17 nitrogen and oxygen atoms in total. The molecule has 2 bridgehead atoms. The van der Waals surface area contributed by atoms with Gasteiger partial charge in [-0.2, -0.15) is 0 Å². The maximum atomic E-state index is 16.0. The molecule has 0 amide bonds. The predicted molar refractivity (Wildman–Crippen MR) is 157 cm³/mol. The topological polar surface area (TPSA) is 220 Å². The molecule has 0 saturated carbocycles. The lowest BCUT2D eigenvalue weighted by atomic mass is 10.1. The number of aromatic amines is 2. The van der Waals surface area contributed by atoms with Crippen LogP contribution in [0.15, 0.2) is 40.6 Å². The number of nitrogens with one attached hydrogen (secondary N) is 2. The minimum atomic E-state index is -4.48. The van der Waals surface area contributed by atoms with Crippen molar-refractivity contribution in [2.45, 2.75) is 49.2 Å². The molecule has 0 aromatic carbocycles. The molecular weight excluding hydrogens is 686 g/mol. The van der Waals surface area contributed by atoms with Crippen molar-refractivity contribution < 1.29 is 45.8 Å². The van der Waals surface area contributed by atoms with Crippen molar-refractivity contribution in [1.29, 1.82) is 0 Å². The van der Waals surface area contributed by atoms with E-state index in [0.29, 0.717) is 0 Å². The first-order valence-electron chi connectivity index (χ1n) is 13.1. The summed E-state index contributed by atoms with van der Waals surface area (Å²) in [6.07, 6.45) is -9.51. The molecular formula is C22H23F2N7O10P2S2. The molecule has 4 aromatic heterocycles. The van der Waals surface area contributed by atoms with E-state index in [1.807, 2.05) is 0 Å². The van der Waals surface area contributed by atoms with Gasteiger partial charge in [0, 0.05) is 12.3 Å². The zero-order valence-corrected chi connectivity index (χ0v) is 25.9. The third kappa shape index (κ3) is 5.59. The number of thiol groups is 1. The van der Waals surface area contributed by atoms with Crippen LogP contribution in [0.2, 0.25) is 0 Å². The molecule has 7 rings (SSSR count). The maximum absolute atomic E-state index is 16.0. The first-order valence-corrected chi connectivity index (χ1v) is 18.4. The number of imidazole rings is 1. The molecule has 0 aliphatic carbocycles. The number of aromatic nitrogens is 6. The van der Waals surface area contributed by atoms with E-state index >= 15 is 8.78 Å². The molecule has 2 unspecified atom stereocenters. The fourth-order valence-corrected chi connectivity index (χ4v) is 8.39. The van der Waals surface area contributed by atoms with E-state index in [-0.39, 0.29) is 27.9 Å². The first kappa shape index (κ1) is 31.1. The molecule has 3 fully saturated rings. The number of halogens is 2. The van der Waals surface area contributed by atoms with Crippen molar-refractivity contribution in [3.63, 3.8) is 0 Å². The van der Waals surface area contributed by atoms with Gasteiger partial charge < -0.3 is 43.7 Å². The number of ether oxygens (including phenoxy) is 2. The molecule has 3 aliphatic heterocycles. The standard InChI is InChI=1S/C22H23F2N7O10P2S2/c23-13-10-4-36-42(34,44)40-16-11(39-21(14(16)24)30-2-1-8-18(30)26-6-27-19(8)32)5-37-43(35,45)41-17(13)22(38-10)31-7-28-15-9(31)3-12(25)29-20(15)33/h1-3,6-7,10-11,13-14,16-17,21-22H,4-5H2,(H,34,44)(H,35,45)(H3,25,29,33)(H,26,27,32)/t10-,11-,13-,14+,16-,17-,21-,22-,42?,43?/m1/s1. The lowest BCUT2D eigenvalue weighted by Gasteiger charge is -2.27. The van der Waals surface area contributed by atoms with Crippen molar-refractivity contribution in [3.8, 4) is 0 Å². The summed E-state index contributed by atoms with van der Waals surface area (Å²) in [5, 5.41) is 0.153. The van der Waals surface area contributed by atoms with Crippen molar-refractivity contribution >= 4 is 65.5 Å². The molecule has 0 spiro atoms. The van der Waals surface area contributed by atoms with Crippen molar-refractivity contribution in [3.05, 3.63) is 51.7 Å². The molecule has 0 radical (unpaired) electrons. The van der Waals surface area contributed by atoms with Gasteiger partial charge in [0.15, 0.2) is 30.3 Å². The van der Waals surface area contributed by atoms with Crippen LogP contribution in [0.5, 0.6) is 0 Å². The smallest absolute Gasteiger partial charge is 0.385 e. The normalized spacial score (nSPS) is 37.7. The zero-order chi connectivity index (χ0) is 31.8. The van der Waals surface area contributed by atoms with E-state index in [1.165, 1.54) is 33.8 Å². The number of hydrogen-bond acceptors (Lipinski definition) is 13. The van der Waals surface area contributed by atoms with Gasteiger partial charge in [-0.25, -0.2) is 23.3 Å². The molecule has 3 aliphatic rings. The van der Waals surface area contributed by atoms with E-state index in [4.69, 9.17) is 45.1 Å². The Morgan fingerprint density at radius 1 is 1.04 bits per heavy atom. The highest BCUT2D eigenvalue weighted by atomic mass is 32.7. The van der Waals surface area contributed by atoms with E-state index in [2.05, 4.69) is 32.2 Å². The molecule has 3 saturated heterocycles. The third-order valence-electron chi connectivity index (χ3n) is 7.50. The molecule has 7 heterocycles. The monoisotopic (exact) mass is 709 g/mol. The van der Waals surface area contributed by atoms with Crippen LogP contribution >= 0.6 is 25.8 Å². The number of nitrogen functional groups attached to an aromatic ring is 1. The van der Waals surface area contributed by atoms with Gasteiger partial charge in [-0.05, 0) is 17.9 Å². The third-order valence-corrected chi connectivity index (χ3v) is 10.7. The lowest BCUT2D eigenvalue weighted by Crippen LogP contribution is -2.34. The zero-order valence-electron chi connectivity index (χ0n) is 22.4. The number of hydrogen-bond donors (Lipinski definition) is 5. The summed E-state index contributed by atoms with van der Waals surface area (Å²) >= 11 is 9.12. The predicted octanol–water partition coefficient (Wildman–Crippen LogP) is 1.59. The Hall–Kier alpha value is -2.55. The second kappa shape index (κ2) is 11.3. The maximum Gasteiger partial charge on any atom is 0.386 e. The number of nitrogens with zero attached hydrogens (tertiary/aromatic N) is 4. The van der Waals surface area contributed by atoms with Crippen LogP contribution in [-0.4, -0.2) is 83.9 Å². The summed E-state index contributed by atoms with van der Waals surface area (Å²) in [6.45, 7) is -10.2. The Morgan fingerprint density at radius 2 is 1.80 bits per heavy atom. The van der Waals surface area contributed by atoms with Crippen LogP contribution in [0, 0.1) is 0 Å². The summed E-state index contributed by atoms with van der Waals surface area (Å²) in [4.78, 5) is 48.3. The minimum Gasteiger partial charge on any atom is -0.385 e. The summed E-state index contributed by atoms with van der Waals surface area (Å²) in [6, 6.07) is 2.77. The van der Waals surface area contributed by atoms with E-state index in [1.54, 1.807) is 0 Å². The first-order chi connectivity index (χ1) is 21.3. The van der Waals surface area contributed by atoms with E-state index in [9.17, 15) is 19.0 Å². The fraction of sp³-hybridized carbons (Fsp3) is 0.455. The highest BCUT2D eigenvalue weighted by molar-refractivity contribution is 8.44. The Balaban J connectivity index is 1.21. The molecule has 5 N–H and O–H groups in total. The van der Waals surface area contributed by atoms with Crippen LogP contribution in [0.3, 0.4) is 0 Å². The number of nitrogens with two attached hydrogens (primary N) is 1. The Bertz CT molecular complexity index is 2010. The number of alkyl halides is 2. The summed E-state index contributed by atoms with van der Waals surface area (Å²) in [7, 11) is 0. The quantitative estimate of drug-likeness (QED) is 0.148. The number of anilines is 1. The van der Waals surface area contributed by atoms with Crippen molar-refractivity contribution in [1.82, 2.24) is 29.1 Å². The largest absolute Gasteiger partial charge is 0.386 e. The van der Waals surface area contributed by atoms with Gasteiger partial charge in [0.25, 0.3) is 11.1 Å². The molecule has 4 aromatic rings. The van der Waals surface area contributed by atoms with Gasteiger partial charge >= 0.3 is 13.5 Å². The summed E-state index contributed by atoms with van der Waals surface area (Å²) in [5.74, 6) is -0.0176. The Labute approximate surface area is 259 Å². The van der Waals surface area contributed by atoms with Gasteiger partial charge in [-0.1, -0.05) is 12.2 Å². The SMILES string of the molecule is Nc1cc2c(ncn2[C@@H]2O[C@@H]3COP(O)(=S)O[C@H]4[C@H](F)[C@H](n5ccc6c(=O)[nH]cnc65)O[C@@H]4COP(=O)(S)O[C@@H]2[C@@H]3F)c(=O)[nH]1. The van der Waals surface area contributed by atoms with E-state index < -0.39 is 87.1 Å². The number of pyridine rings is 1. The molecule has 45 heavy (non-hydrogen) atoms. The van der Waals surface area contributed by atoms with Crippen LogP contribution in [0.1, 0.15) is 12.5 Å². The minimum absolute atomic E-state index is 0.0176. The van der Waals surface area contributed by atoms with Gasteiger partial charge in [0.1, 0.15) is 35.9 Å².